The van der Waals surface area contributed by atoms with Crippen molar-refractivity contribution in [2.75, 3.05) is 0 Å². The lowest BCUT2D eigenvalue weighted by atomic mass is 10.2. The third-order valence-electron chi connectivity index (χ3n) is 4.56. The van der Waals surface area contributed by atoms with Crippen molar-refractivity contribution in [1.82, 2.24) is 50.1 Å². The minimum atomic E-state index is -0.437. The Hall–Kier alpha value is -4.55. The van der Waals surface area contributed by atoms with E-state index in [0.29, 0.717) is 29.2 Å². The molecule has 12 nitrogen and oxygen atoms in total. The van der Waals surface area contributed by atoms with Gasteiger partial charge in [0.05, 0.1) is 30.2 Å². The molecule has 0 unspecified atom stereocenters. The quantitative estimate of drug-likeness (QED) is 0.372. The van der Waals surface area contributed by atoms with E-state index in [1.54, 1.807) is 35.0 Å². The largest absolute Gasteiger partial charge is 0.471 e. The predicted octanol–water partition coefficient (Wildman–Crippen LogP) is 1.68. The molecule has 32 heavy (non-hydrogen) atoms. The van der Waals surface area contributed by atoms with Crippen LogP contribution in [-0.2, 0) is 20.2 Å². The summed E-state index contributed by atoms with van der Waals surface area (Å²) < 4.78 is 27.4. The Bertz CT molecular complexity index is 1330. The molecule has 0 N–H and O–H groups in total. The molecule has 0 atom stereocenters. The molecule has 160 valence electrons. The molecule has 0 bridgehead atoms. The summed E-state index contributed by atoms with van der Waals surface area (Å²) >= 11 is 0. The number of aromatic nitrogens is 10. The number of ether oxygens (including phenoxy) is 1. The van der Waals surface area contributed by atoms with Gasteiger partial charge in [-0.15, -0.1) is 5.10 Å². The van der Waals surface area contributed by atoms with Crippen molar-refractivity contribution in [3.05, 3.63) is 66.4 Å². The van der Waals surface area contributed by atoms with Crippen LogP contribution < -0.4 is 4.74 Å². The van der Waals surface area contributed by atoms with Gasteiger partial charge in [-0.05, 0) is 28.1 Å². The van der Waals surface area contributed by atoms with Crippen LogP contribution >= 0.6 is 0 Å². The van der Waals surface area contributed by atoms with Gasteiger partial charge in [-0.25, -0.2) is 14.1 Å². The topological polar surface area (TPSA) is 135 Å². The Morgan fingerprint density at radius 2 is 2.09 bits per heavy atom. The summed E-state index contributed by atoms with van der Waals surface area (Å²) in [5, 5.41) is 19.4. The molecule has 0 saturated heterocycles. The van der Waals surface area contributed by atoms with Gasteiger partial charge in [0.2, 0.25) is 11.7 Å². The average Bonchev–Trinajstić information content (AvgIpc) is 3.55. The molecular formula is C19H15FN10O2. The monoisotopic (exact) mass is 434 g/mol. The summed E-state index contributed by atoms with van der Waals surface area (Å²) in [4.78, 5) is 12.6. The Labute approximate surface area is 179 Å². The van der Waals surface area contributed by atoms with Gasteiger partial charge in [0.25, 0.3) is 5.89 Å². The molecule has 5 heterocycles. The molecule has 0 radical (unpaired) electrons. The summed E-state index contributed by atoms with van der Waals surface area (Å²) in [5.41, 5.74) is 2.87. The van der Waals surface area contributed by atoms with Crippen LogP contribution in [0, 0.1) is 5.82 Å². The lowest BCUT2D eigenvalue weighted by molar-refractivity contribution is 0.282. The van der Waals surface area contributed by atoms with E-state index in [4.69, 9.17) is 9.26 Å². The van der Waals surface area contributed by atoms with Crippen LogP contribution in [0.15, 0.2) is 53.8 Å². The third-order valence-corrected chi connectivity index (χ3v) is 4.56. The van der Waals surface area contributed by atoms with Crippen LogP contribution in [0.25, 0.3) is 22.8 Å². The van der Waals surface area contributed by atoms with Crippen molar-refractivity contribution in [1.29, 1.82) is 0 Å². The first-order chi connectivity index (χ1) is 15.7. The maximum absolute atomic E-state index is 13.0. The molecule has 5 rings (SSSR count). The van der Waals surface area contributed by atoms with E-state index >= 15 is 0 Å². The number of aryl methyl sites for hydroxylation is 1. The molecule has 0 aliphatic rings. The summed E-state index contributed by atoms with van der Waals surface area (Å²) in [6.07, 6.45) is 7.58. The van der Waals surface area contributed by atoms with E-state index in [0.717, 1.165) is 11.8 Å². The van der Waals surface area contributed by atoms with Gasteiger partial charge in [-0.2, -0.15) is 10.1 Å². The second-order valence-corrected chi connectivity index (χ2v) is 6.74. The lowest BCUT2D eigenvalue weighted by Gasteiger charge is -2.06. The number of nitrogens with zero attached hydrogens (tertiary/aromatic N) is 10. The van der Waals surface area contributed by atoms with E-state index < -0.39 is 5.82 Å². The average molecular weight is 434 g/mol. The van der Waals surface area contributed by atoms with E-state index in [2.05, 4.69) is 40.7 Å². The Balaban J connectivity index is 1.36. The molecule has 0 spiro atoms. The van der Waals surface area contributed by atoms with Crippen LogP contribution in [0.4, 0.5) is 4.39 Å². The van der Waals surface area contributed by atoms with Crippen molar-refractivity contribution in [3.63, 3.8) is 0 Å². The molecule has 0 amide bonds. The Morgan fingerprint density at radius 1 is 1.16 bits per heavy atom. The maximum atomic E-state index is 13.0. The van der Waals surface area contributed by atoms with Gasteiger partial charge in [0, 0.05) is 31.1 Å². The van der Waals surface area contributed by atoms with Crippen molar-refractivity contribution >= 4 is 0 Å². The maximum Gasteiger partial charge on any atom is 0.261 e. The molecule has 5 aromatic heterocycles. The molecule has 0 fully saturated rings. The molecular weight excluding hydrogens is 419 g/mol. The van der Waals surface area contributed by atoms with E-state index in [9.17, 15) is 4.39 Å². The number of hydrogen-bond donors (Lipinski definition) is 0. The van der Waals surface area contributed by atoms with Crippen LogP contribution in [0.1, 0.15) is 11.3 Å². The van der Waals surface area contributed by atoms with Gasteiger partial charge in [0.15, 0.2) is 0 Å². The fraction of sp³-hybridized carbons (Fsp3) is 0.158. The predicted molar refractivity (Wildman–Crippen MR) is 105 cm³/mol. The highest BCUT2D eigenvalue weighted by atomic mass is 19.1. The summed E-state index contributed by atoms with van der Waals surface area (Å²) in [6, 6.07) is 4.61. The molecule has 0 aliphatic heterocycles. The second-order valence-electron chi connectivity index (χ2n) is 6.74. The van der Waals surface area contributed by atoms with Crippen LogP contribution in [0.3, 0.4) is 0 Å². The number of hydrogen-bond acceptors (Lipinski definition) is 10. The summed E-state index contributed by atoms with van der Waals surface area (Å²) in [5.74, 6) is 0.510. The van der Waals surface area contributed by atoms with Crippen molar-refractivity contribution < 1.29 is 13.7 Å². The normalized spacial score (nSPS) is 11.1. The number of pyridine rings is 2. The van der Waals surface area contributed by atoms with Crippen LogP contribution in [0.2, 0.25) is 0 Å². The highest BCUT2D eigenvalue weighted by Crippen LogP contribution is 2.26. The SMILES string of the molecule is Cn1ncc(-c2nc(-c3cncc(Cn4cnnn4)c3)no2)c1COc1ccc(F)cn1. The zero-order valence-electron chi connectivity index (χ0n) is 16.7. The van der Waals surface area contributed by atoms with Gasteiger partial charge < -0.3 is 9.26 Å². The van der Waals surface area contributed by atoms with E-state index in [1.807, 2.05) is 6.07 Å². The van der Waals surface area contributed by atoms with E-state index in [-0.39, 0.29) is 18.4 Å². The first kappa shape index (κ1) is 19.4. The Kier molecular flexibility index (Phi) is 5.03. The second kappa shape index (κ2) is 8.29. The molecule has 0 aliphatic carbocycles. The molecule has 5 aromatic rings. The highest BCUT2D eigenvalue weighted by molar-refractivity contribution is 5.60. The number of halogens is 1. The van der Waals surface area contributed by atoms with E-state index in [1.165, 1.54) is 18.5 Å². The highest BCUT2D eigenvalue weighted by Gasteiger charge is 2.19. The fourth-order valence-corrected chi connectivity index (χ4v) is 2.99. The molecule has 13 heteroatoms. The third kappa shape index (κ3) is 4.03. The summed E-state index contributed by atoms with van der Waals surface area (Å²) in [6.45, 7) is 0.589. The number of tetrazole rings is 1. The lowest BCUT2D eigenvalue weighted by Crippen LogP contribution is -2.05. The zero-order chi connectivity index (χ0) is 21.9. The van der Waals surface area contributed by atoms with Gasteiger partial charge in [0.1, 0.15) is 18.8 Å². The minimum Gasteiger partial charge on any atom is -0.471 e. The number of rotatable bonds is 7. The fourth-order valence-electron chi connectivity index (χ4n) is 2.99. The first-order valence-electron chi connectivity index (χ1n) is 9.40. The van der Waals surface area contributed by atoms with Crippen LogP contribution in [0.5, 0.6) is 5.88 Å². The van der Waals surface area contributed by atoms with Crippen molar-refractivity contribution in [2.45, 2.75) is 13.2 Å². The van der Waals surface area contributed by atoms with Gasteiger partial charge in [-0.1, -0.05) is 5.16 Å². The first-order valence-corrected chi connectivity index (χ1v) is 9.40. The van der Waals surface area contributed by atoms with Gasteiger partial charge in [-0.3, -0.25) is 9.67 Å². The van der Waals surface area contributed by atoms with Crippen molar-refractivity contribution in [3.8, 4) is 28.7 Å². The molecule has 0 aromatic carbocycles. The standard InChI is InChI=1S/C19H15FN10O2/c1-29-16(10-31-17-3-2-14(20)7-22-17)15(8-24-29)19-25-18(26-32-19)13-4-12(5-21-6-13)9-30-11-23-27-28-30/h2-8,11H,9-10H2,1H3. The Morgan fingerprint density at radius 3 is 2.91 bits per heavy atom. The van der Waals surface area contributed by atoms with Gasteiger partial charge >= 0.3 is 0 Å². The zero-order valence-corrected chi connectivity index (χ0v) is 16.7. The molecule has 0 saturated carbocycles. The van der Waals surface area contributed by atoms with Crippen LogP contribution in [-0.4, -0.2) is 50.1 Å². The minimum absolute atomic E-state index is 0.130. The smallest absolute Gasteiger partial charge is 0.261 e. The summed E-state index contributed by atoms with van der Waals surface area (Å²) in [7, 11) is 1.77. The van der Waals surface area contributed by atoms with Crippen molar-refractivity contribution in [2.24, 2.45) is 7.05 Å².